The van der Waals surface area contributed by atoms with E-state index in [9.17, 15) is 9.59 Å². The highest BCUT2D eigenvalue weighted by atomic mass is 16.2. The summed E-state index contributed by atoms with van der Waals surface area (Å²) in [4.78, 5) is 27.9. The molecule has 5 heteroatoms. The maximum atomic E-state index is 12.3. The van der Waals surface area contributed by atoms with Crippen molar-refractivity contribution in [2.75, 3.05) is 19.6 Å². The molecule has 17 heavy (non-hydrogen) atoms. The molecular weight excluding hydrogens is 218 g/mol. The molecule has 1 amide bonds. The molecule has 3 heterocycles. The van der Waals surface area contributed by atoms with Crippen molar-refractivity contribution in [2.45, 2.75) is 12.5 Å². The van der Waals surface area contributed by atoms with Crippen LogP contribution >= 0.6 is 0 Å². The maximum absolute atomic E-state index is 12.3. The summed E-state index contributed by atoms with van der Waals surface area (Å²) in [5, 5.41) is 3.31. The fourth-order valence-corrected chi connectivity index (χ4v) is 2.84. The van der Waals surface area contributed by atoms with Crippen molar-refractivity contribution in [3.05, 3.63) is 34.2 Å². The van der Waals surface area contributed by atoms with Crippen LogP contribution in [0, 0.1) is 5.92 Å². The molecule has 2 aliphatic heterocycles. The Morgan fingerprint density at radius 1 is 1.41 bits per heavy atom. The Balaban J connectivity index is 1.85. The van der Waals surface area contributed by atoms with Gasteiger partial charge in [-0.15, -0.1) is 0 Å². The molecule has 0 radical (unpaired) electrons. The van der Waals surface area contributed by atoms with Gasteiger partial charge < -0.3 is 15.2 Å². The third-order valence-corrected chi connectivity index (χ3v) is 3.73. The van der Waals surface area contributed by atoms with Crippen molar-refractivity contribution in [3.63, 3.8) is 0 Å². The molecule has 2 N–H and O–H groups in total. The summed E-state index contributed by atoms with van der Waals surface area (Å²) in [6, 6.07) is 3.35. The smallest absolute Gasteiger partial charge is 0.254 e. The summed E-state index contributed by atoms with van der Waals surface area (Å²) in [7, 11) is 0. The summed E-state index contributed by atoms with van der Waals surface area (Å²) in [5.74, 6) is 0.563. The second-order valence-electron chi connectivity index (χ2n) is 4.71. The van der Waals surface area contributed by atoms with Crippen LogP contribution < -0.4 is 10.9 Å². The quantitative estimate of drug-likeness (QED) is 0.706. The highest BCUT2D eigenvalue weighted by Crippen LogP contribution is 2.28. The predicted molar refractivity (Wildman–Crippen MR) is 62.9 cm³/mol. The van der Waals surface area contributed by atoms with E-state index in [1.807, 2.05) is 4.90 Å². The van der Waals surface area contributed by atoms with E-state index >= 15 is 0 Å². The topological polar surface area (TPSA) is 65.2 Å². The Morgan fingerprint density at radius 3 is 3.12 bits per heavy atom. The van der Waals surface area contributed by atoms with Gasteiger partial charge in [0.25, 0.3) is 5.91 Å². The molecule has 0 aliphatic carbocycles. The molecule has 0 aromatic carbocycles. The maximum Gasteiger partial charge on any atom is 0.254 e. The number of fused-ring (bicyclic) bond motifs is 1. The predicted octanol–water partition coefficient (Wildman–Crippen LogP) is -0.191. The average Bonchev–Trinajstić information content (AvgIpc) is 2.89. The van der Waals surface area contributed by atoms with E-state index in [-0.39, 0.29) is 11.5 Å². The van der Waals surface area contributed by atoms with Crippen molar-refractivity contribution >= 4 is 5.91 Å². The third kappa shape index (κ3) is 1.76. The lowest BCUT2D eigenvalue weighted by molar-refractivity contribution is 0.0737. The van der Waals surface area contributed by atoms with Gasteiger partial charge in [-0.25, -0.2) is 0 Å². The van der Waals surface area contributed by atoms with Crippen molar-refractivity contribution in [1.82, 2.24) is 15.2 Å². The third-order valence-electron chi connectivity index (χ3n) is 3.73. The highest BCUT2D eigenvalue weighted by molar-refractivity contribution is 5.94. The van der Waals surface area contributed by atoms with E-state index in [0.29, 0.717) is 17.5 Å². The van der Waals surface area contributed by atoms with E-state index in [1.165, 1.54) is 12.3 Å². The number of nitrogens with zero attached hydrogens (tertiary/aromatic N) is 1. The monoisotopic (exact) mass is 233 g/mol. The van der Waals surface area contributed by atoms with Crippen LogP contribution in [0.5, 0.6) is 0 Å². The van der Waals surface area contributed by atoms with Crippen LogP contribution in [0.25, 0.3) is 0 Å². The molecule has 3 rings (SSSR count). The lowest BCUT2D eigenvalue weighted by atomic mass is 10.0. The van der Waals surface area contributed by atoms with Crippen LogP contribution in [-0.4, -0.2) is 41.5 Å². The molecule has 2 atom stereocenters. The van der Waals surface area contributed by atoms with E-state index in [1.54, 1.807) is 6.07 Å². The molecule has 1 aromatic heterocycles. The van der Waals surface area contributed by atoms with E-state index in [0.717, 1.165) is 26.1 Å². The largest absolute Gasteiger partial charge is 0.334 e. The standard InChI is InChI=1S/C12H15N3O2/c16-11-5-8(1-3-14-11)12(17)15-4-2-9-6-13-7-10(9)15/h1,3,5,9-10,13H,2,4,6-7H2,(H,14,16)/t9-,10+/m0/s1. The fraction of sp³-hybridized carbons (Fsp3) is 0.500. The van der Waals surface area contributed by atoms with Crippen molar-refractivity contribution in [1.29, 1.82) is 0 Å². The van der Waals surface area contributed by atoms with Crippen LogP contribution in [0.3, 0.4) is 0 Å². The normalized spacial score (nSPS) is 27.2. The van der Waals surface area contributed by atoms with Gasteiger partial charge in [0.05, 0.1) is 0 Å². The number of rotatable bonds is 1. The van der Waals surface area contributed by atoms with E-state index in [2.05, 4.69) is 10.3 Å². The number of nitrogens with one attached hydrogen (secondary N) is 2. The number of hydrogen-bond acceptors (Lipinski definition) is 3. The Bertz CT molecular complexity index is 497. The van der Waals surface area contributed by atoms with Gasteiger partial charge in [-0.3, -0.25) is 9.59 Å². The molecule has 2 aliphatic rings. The van der Waals surface area contributed by atoms with Gasteiger partial charge in [0, 0.05) is 43.5 Å². The fourth-order valence-electron chi connectivity index (χ4n) is 2.84. The van der Waals surface area contributed by atoms with Gasteiger partial charge in [0.2, 0.25) is 5.56 Å². The molecule has 2 fully saturated rings. The minimum Gasteiger partial charge on any atom is -0.334 e. The van der Waals surface area contributed by atoms with Gasteiger partial charge >= 0.3 is 0 Å². The first-order chi connectivity index (χ1) is 8.25. The highest BCUT2D eigenvalue weighted by Gasteiger charge is 2.40. The van der Waals surface area contributed by atoms with Gasteiger partial charge in [-0.1, -0.05) is 0 Å². The summed E-state index contributed by atoms with van der Waals surface area (Å²) in [6.07, 6.45) is 2.59. The molecule has 2 saturated heterocycles. The zero-order valence-corrected chi connectivity index (χ0v) is 9.48. The second-order valence-corrected chi connectivity index (χ2v) is 4.71. The first kappa shape index (κ1) is 10.5. The van der Waals surface area contributed by atoms with Gasteiger partial charge in [-0.05, 0) is 18.4 Å². The van der Waals surface area contributed by atoms with Crippen LogP contribution in [0.15, 0.2) is 23.1 Å². The molecule has 0 spiro atoms. The van der Waals surface area contributed by atoms with Gasteiger partial charge in [0.15, 0.2) is 0 Å². The Hall–Kier alpha value is -1.62. The zero-order valence-electron chi connectivity index (χ0n) is 9.48. The molecule has 5 nitrogen and oxygen atoms in total. The number of aromatic nitrogens is 1. The molecule has 0 bridgehead atoms. The Labute approximate surface area is 98.8 Å². The number of pyridine rings is 1. The number of carbonyl (C=O) groups excluding carboxylic acids is 1. The summed E-state index contributed by atoms with van der Waals surface area (Å²) < 4.78 is 0. The second kappa shape index (κ2) is 4.00. The average molecular weight is 233 g/mol. The van der Waals surface area contributed by atoms with Crippen molar-refractivity contribution < 1.29 is 4.79 Å². The minimum absolute atomic E-state index is 0.0210. The molecule has 90 valence electrons. The van der Waals surface area contributed by atoms with Crippen LogP contribution in [0.1, 0.15) is 16.8 Å². The zero-order chi connectivity index (χ0) is 11.8. The van der Waals surface area contributed by atoms with E-state index < -0.39 is 0 Å². The summed E-state index contributed by atoms with van der Waals surface area (Å²) in [6.45, 7) is 2.69. The molecular formula is C12H15N3O2. The van der Waals surface area contributed by atoms with Gasteiger partial charge in [-0.2, -0.15) is 0 Å². The minimum atomic E-state index is -0.226. The van der Waals surface area contributed by atoms with E-state index in [4.69, 9.17) is 0 Å². The number of aromatic amines is 1. The number of amides is 1. The Kier molecular flexibility index (Phi) is 2.48. The number of hydrogen-bond donors (Lipinski definition) is 2. The van der Waals surface area contributed by atoms with Gasteiger partial charge in [0.1, 0.15) is 0 Å². The summed E-state index contributed by atoms with van der Waals surface area (Å²) in [5.41, 5.74) is 0.262. The number of carbonyl (C=O) groups is 1. The number of likely N-dealkylation sites (tertiary alicyclic amines) is 1. The first-order valence-corrected chi connectivity index (χ1v) is 5.96. The lowest BCUT2D eigenvalue weighted by Crippen LogP contribution is -2.39. The van der Waals surface area contributed by atoms with Crippen LogP contribution in [0.2, 0.25) is 0 Å². The van der Waals surface area contributed by atoms with Crippen LogP contribution in [-0.2, 0) is 0 Å². The van der Waals surface area contributed by atoms with Crippen molar-refractivity contribution in [3.8, 4) is 0 Å². The number of H-pyrrole nitrogens is 1. The van der Waals surface area contributed by atoms with Crippen molar-refractivity contribution in [2.24, 2.45) is 5.92 Å². The molecule has 1 aromatic rings. The van der Waals surface area contributed by atoms with Crippen LogP contribution in [0.4, 0.5) is 0 Å². The SMILES string of the molecule is O=C(c1cc[nH]c(=O)c1)N1CC[C@H]2CNC[C@H]21. The summed E-state index contributed by atoms with van der Waals surface area (Å²) >= 11 is 0. The molecule has 0 saturated carbocycles. The molecule has 0 unspecified atom stereocenters. The Morgan fingerprint density at radius 2 is 2.29 bits per heavy atom. The lowest BCUT2D eigenvalue weighted by Gasteiger charge is -2.23. The first-order valence-electron chi connectivity index (χ1n) is 5.96.